The summed E-state index contributed by atoms with van der Waals surface area (Å²) in [7, 11) is -3.73. The molecule has 0 fully saturated rings. The maximum atomic E-state index is 12.2. The second kappa shape index (κ2) is 10.5. The maximum Gasteiger partial charge on any atom is 0.276 e. The fourth-order valence-electron chi connectivity index (χ4n) is 2.61. The molecule has 0 aromatic heterocycles. The number of hydrogen-bond donors (Lipinski definition) is 1. The van der Waals surface area contributed by atoms with Crippen LogP contribution in [0.25, 0.3) is 0 Å². The monoisotopic (exact) mass is 478 g/mol. The van der Waals surface area contributed by atoms with Gasteiger partial charge in [0.15, 0.2) is 11.5 Å². The van der Waals surface area contributed by atoms with E-state index < -0.39 is 10.0 Å². The van der Waals surface area contributed by atoms with Crippen LogP contribution >= 0.6 is 23.2 Å². The Morgan fingerprint density at radius 1 is 0.968 bits per heavy atom. The predicted molar refractivity (Wildman–Crippen MR) is 123 cm³/mol. The molecule has 0 aliphatic heterocycles. The van der Waals surface area contributed by atoms with Crippen LogP contribution in [0.4, 0.5) is 0 Å². The van der Waals surface area contributed by atoms with E-state index in [0.29, 0.717) is 33.7 Å². The van der Waals surface area contributed by atoms with E-state index in [1.807, 2.05) is 6.92 Å². The van der Waals surface area contributed by atoms with E-state index in [1.54, 1.807) is 54.6 Å². The van der Waals surface area contributed by atoms with Gasteiger partial charge in [0.05, 0.1) is 17.7 Å². The molecule has 6 nitrogen and oxygen atoms in total. The summed E-state index contributed by atoms with van der Waals surface area (Å²) in [5.74, 6) is 1.03. The Morgan fingerprint density at radius 2 is 1.74 bits per heavy atom. The van der Waals surface area contributed by atoms with Crippen molar-refractivity contribution in [3.63, 3.8) is 0 Å². The zero-order valence-corrected chi connectivity index (χ0v) is 18.9. The Labute approximate surface area is 191 Å². The Kier molecular flexibility index (Phi) is 7.79. The van der Waals surface area contributed by atoms with Crippen LogP contribution in [0.5, 0.6) is 11.5 Å². The number of hydrazone groups is 1. The largest absolute Gasteiger partial charge is 0.490 e. The zero-order chi connectivity index (χ0) is 22.3. The summed E-state index contributed by atoms with van der Waals surface area (Å²) in [5.41, 5.74) is 1.42. The summed E-state index contributed by atoms with van der Waals surface area (Å²) in [6.45, 7) is 2.52. The molecule has 0 atom stereocenters. The summed E-state index contributed by atoms with van der Waals surface area (Å²) in [5, 5.41) is 4.91. The molecule has 31 heavy (non-hydrogen) atoms. The first kappa shape index (κ1) is 22.9. The van der Waals surface area contributed by atoms with E-state index in [2.05, 4.69) is 9.93 Å². The predicted octanol–water partition coefficient (Wildman–Crippen LogP) is 5.28. The quantitative estimate of drug-likeness (QED) is 0.335. The standard InChI is InChI=1S/C22H20Cl2N2O4S/c1-2-29-22-12-16(14-25-26-31(27,28)19-6-4-3-5-7-19)8-11-21(22)30-15-17-9-10-18(23)13-20(17)24/h3-14,26H,2,15H2,1H3/b25-14-. The van der Waals surface area contributed by atoms with Gasteiger partial charge in [-0.1, -0.05) is 47.5 Å². The molecule has 162 valence electrons. The van der Waals surface area contributed by atoms with Gasteiger partial charge in [0.1, 0.15) is 6.61 Å². The van der Waals surface area contributed by atoms with Crippen LogP contribution < -0.4 is 14.3 Å². The molecule has 1 N–H and O–H groups in total. The van der Waals surface area contributed by atoms with Gasteiger partial charge in [-0.15, -0.1) is 0 Å². The van der Waals surface area contributed by atoms with Crippen molar-refractivity contribution in [1.29, 1.82) is 0 Å². The summed E-state index contributed by atoms with van der Waals surface area (Å²) in [6.07, 6.45) is 1.39. The van der Waals surface area contributed by atoms with Gasteiger partial charge >= 0.3 is 0 Å². The SMILES string of the molecule is CCOc1cc(/C=N\NS(=O)(=O)c2ccccc2)ccc1OCc1ccc(Cl)cc1Cl. The molecule has 0 radical (unpaired) electrons. The number of ether oxygens (including phenoxy) is 2. The van der Waals surface area contributed by atoms with Gasteiger partial charge in [-0.2, -0.15) is 13.5 Å². The van der Waals surface area contributed by atoms with E-state index in [1.165, 1.54) is 18.3 Å². The maximum absolute atomic E-state index is 12.2. The molecule has 9 heteroatoms. The lowest BCUT2D eigenvalue weighted by molar-refractivity contribution is 0.269. The second-order valence-electron chi connectivity index (χ2n) is 6.33. The molecule has 0 saturated heterocycles. The smallest absolute Gasteiger partial charge is 0.276 e. The first-order valence-electron chi connectivity index (χ1n) is 9.32. The van der Waals surface area contributed by atoms with Gasteiger partial charge in [-0.05, 0) is 55.0 Å². The molecule has 0 heterocycles. The van der Waals surface area contributed by atoms with Crippen LogP contribution in [0, 0.1) is 0 Å². The Hall–Kier alpha value is -2.74. The summed E-state index contributed by atoms with van der Waals surface area (Å²) >= 11 is 12.1. The van der Waals surface area contributed by atoms with E-state index in [9.17, 15) is 8.42 Å². The highest BCUT2D eigenvalue weighted by Crippen LogP contribution is 2.30. The molecule has 3 rings (SSSR count). The minimum Gasteiger partial charge on any atom is -0.490 e. The third-order valence-electron chi connectivity index (χ3n) is 4.11. The fourth-order valence-corrected chi connectivity index (χ4v) is 3.88. The molecule has 0 aliphatic rings. The minimum absolute atomic E-state index is 0.131. The summed E-state index contributed by atoms with van der Waals surface area (Å²) < 4.78 is 36.0. The first-order chi connectivity index (χ1) is 14.9. The number of nitrogens with zero attached hydrogens (tertiary/aromatic N) is 1. The molecule has 3 aromatic rings. The number of sulfonamides is 1. The third-order valence-corrected chi connectivity index (χ3v) is 5.93. The molecule has 0 saturated carbocycles. The Balaban J connectivity index is 1.71. The van der Waals surface area contributed by atoms with Crippen molar-refractivity contribution in [2.75, 3.05) is 6.61 Å². The molecule has 0 spiro atoms. The lowest BCUT2D eigenvalue weighted by atomic mass is 10.2. The van der Waals surface area contributed by atoms with Crippen molar-refractivity contribution in [2.45, 2.75) is 18.4 Å². The van der Waals surface area contributed by atoms with Crippen molar-refractivity contribution in [3.05, 3.63) is 87.9 Å². The lowest BCUT2D eigenvalue weighted by Crippen LogP contribution is -2.18. The molecular formula is C22H20Cl2N2O4S. The van der Waals surface area contributed by atoms with Crippen molar-refractivity contribution >= 4 is 39.4 Å². The van der Waals surface area contributed by atoms with Crippen LogP contribution in [0.15, 0.2) is 76.7 Å². The Morgan fingerprint density at radius 3 is 2.45 bits per heavy atom. The van der Waals surface area contributed by atoms with Gasteiger partial charge in [-0.3, -0.25) is 0 Å². The van der Waals surface area contributed by atoms with E-state index >= 15 is 0 Å². The first-order valence-corrected chi connectivity index (χ1v) is 11.6. The van der Waals surface area contributed by atoms with Gasteiger partial charge in [0.2, 0.25) is 0 Å². The third kappa shape index (κ3) is 6.37. The Bertz CT molecular complexity index is 1170. The number of hydrogen-bond acceptors (Lipinski definition) is 5. The number of halogens is 2. The molecule has 3 aromatic carbocycles. The van der Waals surface area contributed by atoms with Gasteiger partial charge in [0.25, 0.3) is 10.0 Å². The van der Waals surface area contributed by atoms with Gasteiger partial charge < -0.3 is 9.47 Å². The van der Waals surface area contributed by atoms with E-state index in [0.717, 1.165) is 5.56 Å². The molecular weight excluding hydrogens is 459 g/mol. The van der Waals surface area contributed by atoms with Crippen LogP contribution in [-0.4, -0.2) is 21.2 Å². The normalized spacial score (nSPS) is 11.5. The van der Waals surface area contributed by atoms with Crippen molar-refractivity contribution in [2.24, 2.45) is 5.10 Å². The van der Waals surface area contributed by atoms with Crippen LogP contribution in [0.1, 0.15) is 18.1 Å². The highest BCUT2D eigenvalue weighted by Gasteiger charge is 2.12. The summed E-state index contributed by atoms with van der Waals surface area (Å²) in [6, 6.07) is 18.4. The van der Waals surface area contributed by atoms with Crippen molar-refractivity contribution in [1.82, 2.24) is 4.83 Å². The van der Waals surface area contributed by atoms with E-state index in [-0.39, 0.29) is 11.5 Å². The van der Waals surface area contributed by atoms with Crippen molar-refractivity contribution in [3.8, 4) is 11.5 Å². The minimum atomic E-state index is -3.73. The summed E-state index contributed by atoms with van der Waals surface area (Å²) in [4.78, 5) is 2.32. The lowest BCUT2D eigenvalue weighted by Gasteiger charge is -2.13. The highest BCUT2D eigenvalue weighted by atomic mass is 35.5. The average Bonchev–Trinajstić information content (AvgIpc) is 2.75. The van der Waals surface area contributed by atoms with Gasteiger partial charge in [-0.25, -0.2) is 4.83 Å². The molecule has 0 bridgehead atoms. The van der Waals surface area contributed by atoms with E-state index in [4.69, 9.17) is 32.7 Å². The van der Waals surface area contributed by atoms with Crippen molar-refractivity contribution < 1.29 is 17.9 Å². The molecule has 0 aliphatic carbocycles. The molecule has 0 unspecified atom stereocenters. The number of rotatable bonds is 9. The molecule has 0 amide bonds. The van der Waals surface area contributed by atoms with Crippen LogP contribution in [-0.2, 0) is 16.6 Å². The van der Waals surface area contributed by atoms with Crippen LogP contribution in [0.3, 0.4) is 0 Å². The number of benzene rings is 3. The number of nitrogens with one attached hydrogen (secondary N) is 1. The van der Waals surface area contributed by atoms with Gasteiger partial charge in [0, 0.05) is 15.6 Å². The fraction of sp³-hybridized carbons (Fsp3) is 0.136. The van der Waals surface area contributed by atoms with Crippen LogP contribution in [0.2, 0.25) is 10.0 Å². The zero-order valence-electron chi connectivity index (χ0n) is 16.6. The average molecular weight is 479 g/mol. The highest BCUT2D eigenvalue weighted by molar-refractivity contribution is 7.89. The topological polar surface area (TPSA) is 77.0 Å². The second-order valence-corrected chi connectivity index (χ2v) is 8.83.